The number of hydrogen-bond acceptors (Lipinski definition) is 2. The van der Waals surface area contributed by atoms with Gasteiger partial charge in [0.1, 0.15) is 5.82 Å². The van der Waals surface area contributed by atoms with E-state index < -0.39 is 11.8 Å². The topological polar surface area (TPSA) is 55.1 Å². The number of hydrogen-bond donors (Lipinski definition) is 1. The molecule has 0 saturated carbocycles. The van der Waals surface area contributed by atoms with Gasteiger partial charge in [0.05, 0.1) is 10.7 Å². The van der Waals surface area contributed by atoms with Crippen molar-refractivity contribution in [1.82, 2.24) is 9.78 Å². The summed E-state index contributed by atoms with van der Waals surface area (Å²) in [5.74, 6) is -1.61. The SMILES string of the molecule is O=C(O)c1ccn(-c2cc(F)ccc2Cl)n1. The van der Waals surface area contributed by atoms with Crippen molar-refractivity contribution in [3.05, 3.63) is 47.0 Å². The molecule has 1 heterocycles. The molecule has 0 spiro atoms. The molecular formula is C10H6ClFN2O2. The first-order valence-corrected chi connectivity index (χ1v) is 4.70. The quantitative estimate of drug-likeness (QED) is 0.877. The second-order valence-electron chi connectivity index (χ2n) is 3.05. The first-order valence-electron chi connectivity index (χ1n) is 4.32. The Morgan fingerprint density at radius 2 is 2.19 bits per heavy atom. The molecule has 1 N–H and O–H groups in total. The van der Waals surface area contributed by atoms with Crippen molar-refractivity contribution >= 4 is 17.6 Å². The van der Waals surface area contributed by atoms with E-state index in [0.29, 0.717) is 10.7 Å². The first-order chi connectivity index (χ1) is 7.58. The van der Waals surface area contributed by atoms with Gasteiger partial charge in [0.25, 0.3) is 0 Å². The molecule has 0 amide bonds. The van der Waals surface area contributed by atoms with Crippen LogP contribution in [0.15, 0.2) is 30.5 Å². The van der Waals surface area contributed by atoms with Crippen LogP contribution in [0, 0.1) is 5.82 Å². The van der Waals surface area contributed by atoms with E-state index >= 15 is 0 Å². The number of carbonyl (C=O) groups is 1. The molecule has 1 aromatic carbocycles. The number of nitrogens with zero attached hydrogens (tertiary/aromatic N) is 2. The van der Waals surface area contributed by atoms with Gasteiger partial charge >= 0.3 is 5.97 Å². The van der Waals surface area contributed by atoms with Crippen molar-refractivity contribution in [3.63, 3.8) is 0 Å². The minimum atomic E-state index is -1.15. The first kappa shape index (κ1) is 10.6. The zero-order valence-electron chi connectivity index (χ0n) is 7.89. The summed E-state index contributed by atoms with van der Waals surface area (Å²) in [7, 11) is 0. The maximum absolute atomic E-state index is 13.0. The van der Waals surface area contributed by atoms with Gasteiger partial charge in [-0.1, -0.05) is 11.6 Å². The van der Waals surface area contributed by atoms with Crippen LogP contribution in [-0.2, 0) is 0 Å². The highest BCUT2D eigenvalue weighted by molar-refractivity contribution is 6.32. The molecular weight excluding hydrogens is 235 g/mol. The van der Waals surface area contributed by atoms with Crippen LogP contribution in [0.1, 0.15) is 10.5 Å². The average molecular weight is 241 g/mol. The summed E-state index contributed by atoms with van der Waals surface area (Å²) in [4.78, 5) is 10.6. The van der Waals surface area contributed by atoms with Crippen molar-refractivity contribution in [1.29, 1.82) is 0 Å². The summed E-state index contributed by atoms with van der Waals surface area (Å²) in [6.45, 7) is 0. The van der Waals surface area contributed by atoms with E-state index in [1.807, 2.05) is 0 Å². The third kappa shape index (κ3) is 1.90. The lowest BCUT2D eigenvalue weighted by atomic mass is 10.3. The molecule has 1 aromatic heterocycles. The average Bonchev–Trinajstić information content (AvgIpc) is 2.70. The highest BCUT2D eigenvalue weighted by Gasteiger charge is 2.10. The number of carboxylic acids is 1. The van der Waals surface area contributed by atoms with Crippen LogP contribution < -0.4 is 0 Å². The van der Waals surface area contributed by atoms with Crippen LogP contribution in [0.5, 0.6) is 0 Å². The molecule has 6 heteroatoms. The van der Waals surface area contributed by atoms with Crippen LogP contribution in [0.25, 0.3) is 5.69 Å². The summed E-state index contributed by atoms with van der Waals surface area (Å²) in [6, 6.07) is 5.09. The third-order valence-corrected chi connectivity index (χ3v) is 2.28. The minimum Gasteiger partial charge on any atom is -0.476 e. The van der Waals surface area contributed by atoms with Gasteiger partial charge in [-0.3, -0.25) is 0 Å². The van der Waals surface area contributed by atoms with E-state index in [1.165, 1.54) is 35.1 Å². The fourth-order valence-electron chi connectivity index (χ4n) is 1.23. The van der Waals surface area contributed by atoms with Gasteiger partial charge in [-0.05, 0) is 18.2 Å². The summed E-state index contributed by atoms with van der Waals surface area (Å²) < 4.78 is 14.2. The summed E-state index contributed by atoms with van der Waals surface area (Å²) >= 11 is 5.84. The second kappa shape index (κ2) is 3.94. The maximum Gasteiger partial charge on any atom is 0.356 e. The van der Waals surface area contributed by atoms with E-state index in [0.717, 1.165) is 0 Å². The molecule has 2 rings (SSSR count). The highest BCUT2D eigenvalue weighted by Crippen LogP contribution is 2.20. The van der Waals surface area contributed by atoms with E-state index in [4.69, 9.17) is 16.7 Å². The van der Waals surface area contributed by atoms with E-state index in [-0.39, 0.29) is 5.69 Å². The van der Waals surface area contributed by atoms with Crippen LogP contribution >= 0.6 is 11.6 Å². The van der Waals surface area contributed by atoms with Gasteiger partial charge < -0.3 is 5.11 Å². The van der Waals surface area contributed by atoms with Crippen molar-refractivity contribution < 1.29 is 14.3 Å². The number of benzene rings is 1. The molecule has 4 nitrogen and oxygen atoms in total. The third-order valence-electron chi connectivity index (χ3n) is 1.96. The molecule has 0 radical (unpaired) electrons. The standard InChI is InChI=1S/C10H6ClFN2O2/c11-7-2-1-6(12)5-9(7)14-4-3-8(13-14)10(15)16/h1-5H,(H,15,16). The van der Waals surface area contributed by atoms with Crippen molar-refractivity contribution in [2.24, 2.45) is 0 Å². The van der Waals surface area contributed by atoms with Gasteiger partial charge in [0, 0.05) is 12.3 Å². The zero-order chi connectivity index (χ0) is 11.7. The fourth-order valence-corrected chi connectivity index (χ4v) is 1.44. The van der Waals surface area contributed by atoms with Gasteiger partial charge in [-0.25, -0.2) is 13.9 Å². The van der Waals surface area contributed by atoms with Crippen molar-refractivity contribution in [2.75, 3.05) is 0 Å². The molecule has 0 bridgehead atoms. The maximum atomic E-state index is 13.0. The van der Waals surface area contributed by atoms with E-state index in [1.54, 1.807) is 0 Å². The van der Waals surface area contributed by atoms with E-state index in [2.05, 4.69) is 5.10 Å². The molecule has 0 aliphatic heterocycles. The van der Waals surface area contributed by atoms with Crippen molar-refractivity contribution in [3.8, 4) is 5.69 Å². The van der Waals surface area contributed by atoms with Crippen LogP contribution in [-0.4, -0.2) is 20.9 Å². The molecule has 0 atom stereocenters. The van der Waals surface area contributed by atoms with Gasteiger partial charge in [0.15, 0.2) is 5.69 Å². The molecule has 0 unspecified atom stereocenters. The number of aromatic carboxylic acids is 1. The largest absolute Gasteiger partial charge is 0.476 e. The Hall–Kier alpha value is -1.88. The smallest absolute Gasteiger partial charge is 0.356 e. The Balaban J connectivity index is 2.50. The van der Waals surface area contributed by atoms with Crippen LogP contribution in [0.4, 0.5) is 4.39 Å². The molecule has 2 aromatic rings. The molecule has 0 aliphatic rings. The van der Waals surface area contributed by atoms with Gasteiger partial charge in [0.2, 0.25) is 0 Å². The number of rotatable bonds is 2. The minimum absolute atomic E-state index is 0.125. The highest BCUT2D eigenvalue weighted by atomic mass is 35.5. The monoisotopic (exact) mass is 240 g/mol. The molecule has 0 saturated heterocycles. The number of aromatic nitrogens is 2. The Bertz CT molecular complexity index is 554. The molecule has 0 fully saturated rings. The normalized spacial score (nSPS) is 10.4. The molecule has 82 valence electrons. The zero-order valence-corrected chi connectivity index (χ0v) is 8.65. The summed E-state index contributed by atoms with van der Waals surface area (Å²) in [6.07, 6.45) is 1.41. The lowest BCUT2D eigenvalue weighted by Gasteiger charge is -2.03. The fraction of sp³-hybridized carbons (Fsp3) is 0. The Kier molecular flexibility index (Phi) is 2.62. The molecule has 16 heavy (non-hydrogen) atoms. The number of carboxylic acid groups (broad SMARTS) is 1. The van der Waals surface area contributed by atoms with Gasteiger partial charge in [-0.2, -0.15) is 5.10 Å². The Morgan fingerprint density at radius 1 is 1.44 bits per heavy atom. The predicted molar refractivity (Wildman–Crippen MR) is 55.5 cm³/mol. The lowest BCUT2D eigenvalue weighted by molar-refractivity contribution is 0.0690. The predicted octanol–water partition coefficient (Wildman–Crippen LogP) is 2.36. The molecule has 0 aliphatic carbocycles. The van der Waals surface area contributed by atoms with E-state index in [9.17, 15) is 9.18 Å². The van der Waals surface area contributed by atoms with Crippen LogP contribution in [0.3, 0.4) is 0 Å². The lowest BCUT2D eigenvalue weighted by Crippen LogP contribution is -2.01. The summed E-state index contributed by atoms with van der Waals surface area (Å²) in [5.41, 5.74) is 0.175. The van der Waals surface area contributed by atoms with Gasteiger partial charge in [-0.15, -0.1) is 0 Å². The van der Waals surface area contributed by atoms with Crippen molar-refractivity contribution in [2.45, 2.75) is 0 Å². The Labute approximate surface area is 94.9 Å². The second-order valence-corrected chi connectivity index (χ2v) is 3.45. The number of halogens is 2. The van der Waals surface area contributed by atoms with Crippen LogP contribution in [0.2, 0.25) is 5.02 Å². The summed E-state index contributed by atoms with van der Waals surface area (Å²) in [5, 5.41) is 12.7. The Morgan fingerprint density at radius 3 is 2.81 bits per heavy atom.